The fourth-order valence-electron chi connectivity index (χ4n) is 3.89. The van der Waals surface area contributed by atoms with E-state index in [0.717, 1.165) is 23.1 Å². The second-order valence-electron chi connectivity index (χ2n) is 7.45. The number of rotatable bonds is 5. The second-order valence-corrected chi connectivity index (χ2v) is 10.3. The molecule has 4 rings (SSSR count). The van der Waals surface area contributed by atoms with Crippen LogP contribution in [0.1, 0.15) is 18.4 Å². The van der Waals surface area contributed by atoms with E-state index in [-0.39, 0.29) is 10.8 Å². The molecule has 0 aromatic heterocycles. The predicted octanol–water partition coefficient (Wildman–Crippen LogP) is 3.08. The minimum atomic E-state index is -3.52. The Bertz CT molecular complexity index is 986. The topological polar surface area (TPSA) is 60.9 Å². The summed E-state index contributed by atoms with van der Waals surface area (Å²) in [6.07, 6.45) is 1.41. The molecular formula is C21H24BrN3O3S. The van der Waals surface area contributed by atoms with E-state index in [4.69, 9.17) is 0 Å². The molecule has 0 aliphatic carbocycles. The number of piperazine rings is 1. The molecule has 2 aromatic rings. The van der Waals surface area contributed by atoms with Crippen molar-refractivity contribution in [3.63, 3.8) is 0 Å². The van der Waals surface area contributed by atoms with E-state index >= 15 is 0 Å². The van der Waals surface area contributed by atoms with Gasteiger partial charge in [0.1, 0.15) is 0 Å². The molecule has 6 nitrogen and oxygen atoms in total. The second kappa shape index (κ2) is 8.55. The van der Waals surface area contributed by atoms with E-state index < -0.39 is 10.0 Å². The van der Waals surface area contributed by atoms with Crippen molar-refractivity contribution >= 4 is 37.5 Å². The molecule has 29 heavy (non-hydrogen) atoms. The van der Waals surface area contributed by atoms with Crippen LogP contribution < -0.4 is 4.90 Å². The van der Waals surface area contributed by atoms with E-state index in [1.165, 1.54) is 5.56 Å². The number of hydrogen-bond donors (Lipinski definition) is 0. The van der Waals surface area contributed by atoms with E-state index in [1.807, 2.05) is 12.1 Å². The van der Waals surface area contributed by atoms with Gasteiger partial charge in [-0.05, 0) is 48.4 Å². The molecule has 0 saturated carbocycles. The Kier molecular flexibility index (Phi) is 6.06. The van der Waals surface area contributed by atoms with Crippen LogP contribution in [0.5, 0.6) is 0 Å². The maximum absolute atomic E-state index is 13.0. The smallest absolute Gasteiger partial charge is 0.243 e. The summed E-state index contributed by atoms with van der Waals surface area (Å²) in [6.45, 7) is 3.86. The van der Waals surface area contributed by atoms with Crippen LogP contribution in [-0.2, 0) is 21.4 Å². The summed E-state index contributed by atoms with van der Waals surface area (Å²) in [5.74, 6) is 0.0992. The zero-order valence-electron chi connectivity index (χ0n) is 16.1. The lowest BCUT2D eigenvalue weighted by Gasteiger charge is -2.34. The normalized spacial score (nSPS) is 19.1. The molecule has 0 atom stereocenters. The van der Waals surface area contributed by atoms with Gasteiger partial charge in [-0.1, -0.05) is 28.1 Å². The largest absolute Gasteiger partial charge is 0.312 e. The lowest BCUT2D eigenvalue weighted by molar-refractivity contribution is -0.117. The van der Waals surface area contributed by atoms with Crippen LogP contribution in [0.25, 0.3) is 0 Å². The predicted molar refractivity (Wildman–Crippen MR) is 116 cm³/mol. The molecule has 0 unspecified atom stereocenters. The van der Waals surface area contributed by atoms with Crippen molar-refractivity contribution in [1.29, 1.82) is 0 Å². The van der Waals surface area contributed by atoms with Crippen molar-refractivity contribution in [2.75, 3.05) is 37.6 Å². The number of anilines is 1. The molecule has 2 fully saturated rings. The van der Waals surface area contributed by atoms with Crippen molar-refractivity contribution in [2.24, 2.45) is 0 Å². The van der Waals surface area contributed by atoms with Crippen molar-refractivity contribution in [3.05, 3.63) is 58.6 Å². The maximum atomic E-state index is 13.0. The van der Waals surface area contributed by atoms with Gasteiger partial charge in [-0.2, -0.15) is 4.31 Å². The van der Waals surface area contributed by atoms with Gasteiger partial charge in [-0.3, -0.25) is 9.69 Å². The van der Waals surface area contributed by atoms with Gasteiger partial charge in [-0.15, -0.1) is 0 Å². The zero-order chi connectivity index (χ0) is 20.4. The summed E-state index contributed by atoms with van der Waals surface area (Å²) in [4.78, 5) is 16.2. The van der Waals surface area contributed by atoms with Crippen molar-refractivity contribution in [3.8, 4) is 0 Å². The van der Waals surface area contributed by atoms with Crippen LogP contribution in [0.4, 0.5) is 5.69 Å². The van der Waals surface area contributed by atoms with Crippen molar-refractivity contribution in [1.82, 2.24) is 9.21 Å². The molecule has 0 bridgehead atoms. The molecule has 0 spiro atoms. The Labute approximate surface area is 180 Å². The van der Waals surface area contributed by atoms with Gasteiger partial charge in [0.15, 0.2) is 0 Å². The number of halogens is 1. The molecule has 154 valence electrons. The summed E-state index contributed by atoms with van der Waals surface area (Å²) >= 11 is 3.49. The third-order valence-corrected chi connectivity index (χ3v) is 7.89. The molecule has 8 heteroatoms. The highest BCUT2D eigenvalue weighted by atomic mass is 79.9. The molecule has 2 aromatic carbocycles. The van der Waals surface area contributed by atoms with Crippen LogP contribution in [0, 0.1) is 0 Å². The first kappa shape index (κ1) is 20.5. The van der Waals surface area contributed by atoms with Crippen LogP contribution in [-0.4, -0.2) is 56.3 Å². The molecular weight excluding hydrogens is 454 g/mol. The first-order chi connectivity index (χ1) is 13.9. The number of hydrogen-bond acceptors (Lipinski definition) is 4. The SMILES string of the molecule is O=C1CCCN1c1ccc(S(=O)(=O)N2CCN(Cc3cccc(Br)c3)CC2)cc1. The first-order valence-electron chi connectivity index (χ1n) is 9.81. The molecule has 2 aliphatic rings. The summed E-state index contributed by atoms with van der Waals surface area (Å²) in [6, 6.07) is 14.9. The number of benzene rings is 2. The monoisotopic (exact) mass is 477 g/mol. The Hall–Kier alpha value is -1.74. The summed E-state index contributed by atoms with van der Waals surface area (Å²) < 4.78 is 28.6. The number of carbonyl (C=O) groups excluding carboxylic acids is 1. The van der Waals surface area contributed by atoms with Gasteiger partial charge in [0.2, 0.25) is 15.9 Å². The molecule has 1 amide bonds. The fourth-order valence-corrected chi connectivity index (χ4v) is 5.76. The van der Waals surface area contributed by atoms with Gasteiger partial charge in [0.05, 0.1) is 4.90 Å². The standard InChI is InChI=1S/C21H24BrN3O3S/c22-18-4-1-3-17(15-18)16-23-11-13-24(14-12-23)29(27,28)20-8-6-19(7-9-20)25-10-2-5-21(25)26/h1,3-4,6-9,15H,2,5,10-14,16H2. The maximum Gasteiger partial charge on any atom is 0.243 e. The number of nitrogens with zero attached hydrogens (tertiary/aromatic N) is 3. The minimum Gasteiger partial charge on any atom is -0.312 e. The molecule has 2 aliphatic heterocycles. The van der Waals surface area contributed by atoms with Gasteiger partial charge in [-0.25, -0.2) is 8.42 Å². The quantitative estimate of drug-likeness (QED) is 0.663. The lowest BCUT2D eigenvalue weighted by Crippen LogP contribution is -2.48. The van der Waals surface area contributed by atoms with Crippen molar-refractivity contribution in [2.45, 2.75) is 24.3 Å². The van der Waals surface area contributed by atoms with Gasteiger partial charge in [0, 0.05) is 55.8 Å². The molecule has 2 heterocycles. The van der Waals surface area contributed by atoms with E-state index in [0.29, 0.717) is 39.1 Å². The molecule has 0 radical (unpaired) electrons. The first-order valence-corrected chi connectivity index (χ1v) is 12.0. The summed E-state index contributed by atoms with van der Waals surface area (Å²) in [5.41, 5.74) is 1.98. The summed E-state index contributed by atoms with van der Waals surface area (Å²) in [5, 5.41) is 0. The van der Waals surface area contributed by atoms with Crippen molar-refractivity contribution < 1.29 is 13.2 Å². The third-order valence-electron chi connectivity index (χ3n) is 5.49. The van der Waals surface area contributed by atoms with Crippen LogP contribution >= 0.6 is 15.9 Å². The highest BCUT2D eigenvalue weighted by Gasteiger charge is 2.29. The molecule has 2 saturated heterocycles. The Balaban J connectivity index is 1.39. The highest BCUT2D eigenvalue weighted by Crippen LogP contribution is 2.25. The van der Waals surface area contributed by atoms with E-state index in [2.05, 4.69) is 33.0 Å². The highest BCUT2D eigenvalue weighted by molar-refractivity contribution is 9.10. The third kappa shape index (κ3) is 4.55. The van der Waals surface area contributed by atoms with Gasteiger partial charge >= 0.3 is 0 Å². The number of sulfonamides is 1. The average molecular weight is 478 g/mol. The zero-order valence-corrected chi connectivity index (χ0v) is 18.5. The van der Waals surface area contributed by atoms with Crippen LogP contribution in [0.2, 0.25) is 0 Å². The molecule has 0 N–H and O–H groups in total. The van der Waals surface area contributed by atoms with E-state index in [9.17, 15) is 13.2 Å². The minimum absolute atomic E-state index is 0.0992. The van der Waals surface area contributed by atoms with Gasteiger partial charge < -0.3 is 4.90 Å². The lowest BCUT2D eigenvalue weighted by atomic mass is 10.2. The van der Waals surface area contributed by atoms with Gasteiger partial charge in [0.25, 0.3) is 0 Å². The fraction of sp³-hybridized carbons (Fsp3) is 0.381. The number of carbonyl (C=O) groups is 1. The Morgan fingerprint density at radius 3 is 2.28 bits per heavy atom. The summed E-state index contributed by atoms with van der Waals surface area (Å²) in [7, 11) is -3.52. The Morgan fingerprint density at radius 1 is 0.931 bits per heavy atom. The average Bonchev–Trinajstić information content (AvgIpc) is 3.14. The van der Waals surface area contributed by atoms with E-state index in [1.54, 1.807) is 33.5 Å². The van der Waals surface area contributed by atoms with Crippen LogP contribution in [0.3, 0.4) is 0 Å². The van der Waals surface area contributed by atoms with Crippen LogP contribution in [0.15, 0.2) is 57.9 Å². The number of amides is 1. The Morgan fingerprint density at radius 2 is 1.66 bits per heavy atom.